The van der Waals surface area contributed by atoms with E-state index in [2.05, 4.69) is 13.5 Å². The maximum absolute atomic E-state index is 9.97. The number of aliphatic hydroxyl groups excluding tert-OH is 2. The van der Waals surface area contributed by atoms with Gasteiger partial charge in [-0.15, -0.1) is 0 Å². The van der Waals surface area contributed by atoms with Crippen molar-refractivity contribution < 1.29 is 10.2 Å². The summed E-state index contributed by atoms with van der Waals surface area (Å²) < 4.78 is 0. The van der Waals surface area contributed by atoms with Crippen molar-refractivity contribution in [1.82, 2.24) is 0 Å². The van der Waals surface area contributed by atoms with E-state index in [1.807, 2.05) is 24.8 Å². The lowest BCUT2D eigenvalue weighted by atomic mass is 9.81. The minimum Gasteiger partial charge on any atom is -0.389 e. The first-order valence-corrected chi connectivity index (χ1v) is 7.01. The van der Waals surface area contributed by atoms with E-state index in [1.165, 1.54) is 0 Å². The van der Waals surface area contributed by atoms with E-state index < -0.39 is 12.2 Å². The van der Waals surface area contributed by atoms with E-state index in [-0.39, 0.29) is 5.92 Å². The zero-order chi connectivity index (χ0) is 12.1. The number of rotatable bonds is 5. The molecule has 0 aliphatic heterocycles. The van der Waals surface area contributed by atoms with Crippen molar-refractivity contribution in [1.29, 1.82) is 0 Å². The fourth-order valence-corrected chi connectivity index (χ4v) is 2.83. The molecule has 0 radical (unpaired) electrons. The summed E-state index contributed by atoms with van der Waals surface area (Å²) in [6.07, 6.45) is 2.58. The average molecular weight is 242 g/mol. The second-order valence-corrected chi connectivity index (χ2v) is 5.54. The van der Waals surface area contributed by atoms with E-state index in [0.717, 1.165) is 35.5 Å². The largest absolute Gasteiger partial charge is 0.389 e. The highest BCUT2D eigenvalue weighted by molar-refractivity contribution is 7.99. The molecule has 0 aromatic carbocycles. The van der Waals surface area contributed by atoms with Crippen molar-refractivity contribution in [3.63, 3.8) is 0 Å². The number of aliphatic hydroxyl groups is 2. The third kappa shape index (κ3) is 3.37. The summed E-state index contributed by atoms with van der Waals surface area (Å²) in [7, 11) is 0. The zero-order valence-corrected chi connectivity index (χ0v) is 11.0. The summed E-state index contributed by atoms with van der Waals surface area (Å²) in [5.41, 5.74) is 1.92. The standard InChI is InChI=1S/C13H22O2S/c1-4-7-16-8-10(3)11-6-5-9(2)12(14)13(11)15/h5,11-15H,3-4,6-8H2,1-2H3/t11-,12+,13+/m0/s1. The highest BCUT2D eigenvalue weighted by Crippen LogP contribution is 2.30. The van der Waals surface area contributed by atoms with Crippen molar-refractivity contribution in [3.05, 3.63) is 23.8 Å². The van der Waals surface area contributed by atoms with Crippen LogP contribution in [-0.4, -0.2) is 33.9 Å². The lowest BCUT2D eigenvalue weighted by molar-refractivity contribution is 0.00633. The second-order valence-electron chi connectivity index (χ2n) is 4.44. The molecule has 1 aliphatic carbocycles. The van der Waals surface area contributed by atoms with Gasteiger partial charge in [0, 0.05) is 11.7 Å². The maximum atomic E-state index is 9.97. The van der Waals surface area contributed by atoms with Gasteiger partial charge in [-0.05, 0) is 31.1 Å². The Labute approximate surface area is 102 Å². The molecule has 0 saturated heterocycles. The summed E-state index contributed by atoms with van der Waals surface area (Å²) in [6.45, 7) is 8.05. The first-order valence-electron chi connectivity index (χ1n) is 5.86. The molecular weight excluding hydrogens is 220 g/mol. The van der Waals surface area contributed by atoms with Gasteiger partial charge in [-0.2, -0.15) is 11.8 Å². The molecule has 0 amide bonds. The normalized spacial score (nSPS) is 30.0. The summed E-state index contributed by atoms with van der Waals surface area (Å²) in [5.74, 6) is 2.03. The lowest BCUT2D eigenvalue weighted by Gasteiger charge is -2.32. The van der Waals surface area contributed by atoms with E-state index in [0.29, 0.717) is 0 Å². The molecule has 0 saturated carbocycles. The van der Waals surface area contributed by atoms with Crippen molar-refractivity contribution in [2.24, 2.45) is 5.92 Å². The zero-order valence-electron chi connectivity index (χ0n) is 10.1. The molecule has 16 heavy (non-hydrogen) atoms. The van der Waals surface area contributed by atoms with Crippen LogP contribution in [0.2, 0.25) is 0 Å². The van der Waals surface area contributed by atoms with Crippen molar-refractivity contribution in [2.75, 3.05) is 11.5 Å². The first kappa shape index (κ1) is 13.8. The molecule has 92 valence electrons. The molecule has 3 atom stereocenters. The predicted octanol–water partition coefficient (Wildman–Crippen LogP) is 2.37. The second kappa shape index (κ2) is 6.48. The Bertz CT molecular complexity index is 273. The van der Waals surface area contributed by atoms with Gasteiger partial charge < -0.3 is 10.2 Å². The Balaban J connectivity index is 2.51. The van der Waals surface area contributed by atoms with Gasteiger partial charge in [-0.1, -0.05) is 25.2 Å². The fourth-order valence-electron chi connectivity index (χ4n) is 1.93. The average Bonchev–Trinajstić information content (AvgIpc) is 2.26. The van der Waals surface area contributed by atoms with Gasteiger partial charge in [0.15, 0.2) is 0 Å². The van der Waals surface area contributed by atoms with E-state index >= 15 is 0 Å². The molecule has 0 fully saturated rings. The van der Waals surface area contributed by atoms with Crippen molar-refractivity contribution in [3.8, 4) is 0 Å². The molecule has 2 N–H and O–H groups in total. The van der Waals surface area contributed by atoms with E-state index in [9.17, 15) is 10.2 Å². The van der Waals surface area contributed by atoms with Crippen LogP contribution in [0.4, 0.5) is 0 Å². The Morgan fingerprint density at radius 2 is 2.25 bits per heavy atom. The van der Waals surface area contributed by atoms with Gasteiger partial charge >= 0.3 is 0 Å². The summed E-state index contributed by atoms with van der Waals surface area (Å²) in [6, 6.07) is 0. The molecule has 0 heterocycles. The molecule has 3 heteroatoms. The molecule has 0 unspecified atom stereocenters. The molecule has 0 spiro atoms. The van der Waals surface area contributed by atoms with Crippen LogP contribution in [0.25, 0.3) is 0 Å². The SMILES string of the molecule is C=C(CSCCC)[C@@H]1CC=C(C)[C@@H](O)[C@@H]1O. The van der Waals surface area contributed by atoms with Gasteiger partial charge in [0.2, 0.25) is 0 Å². The van der Waals surface area contributed by atoms with E-state index in [1.54, 1.807) is 0 Å². The number of hydrogen-bond donors (Lipinski definition) is 2. The topological polar surface area (TPSA) is 40.5 Å². The molecule has 0 aromatic rings. The summed E-state index contributed by atoms with van der Waals surface area (Å²) >= 11 is 1.85. The van der Waals surface area contributed by atoms with Gasteiger partial charge in [-0.25, -0.2) is 0 Å². The molecule has 0 aromatic heterocycles. The molecule has 1 aliphatic rings. The molecule has 1 rings (SSSR count). The third-order valence-corrected chi connectivity index (χ3v) is 4.33. The quantitative estimate of drug-likeness (QED) is 0.574. The Hall–Kier alpha value is -0.250. The lowest BCUT2D eigenvalue weighted by Crippen LogP contribution is -2.38. The third-order valence-electron chi connectivity index (χ3n) is 3.06. The predicted molar refractivity (Wildman–Crippen MR) is 70.6 cm³/mol. The minimum atomic E-state index is -0.716. The molecular formula is C13H22O2S. The van der Waals surface area contributed by atoms with Crippen molar-refractivity contribution >= 4 is 11.8 Å². The number of hydrogen-bond acceptors (Lipinski definition) is 3. The highest BCUT2D eigenvalue weighted by Gasteiger charge is 2.31. The fraction of sp³-hybridized carbons (Fsp3) is 0.692. The summed E-state index contributed by atoms with van der Waals surface area (Å²) in [5, 5.41) is 19.7. The number of allylic oxidation sites excluding steroid dienone is 1. The van der Waals surface area contributed by atoms with Crippen LogP contribution in [0.5, 0.6) is 0 Å². The van der Waals surface area contributed by atoms with Gasteiger partial charge in [0.1, 0.15) is 6.10 Å². The van der Waals surface area contributed by atoms with Crippen LogP contribution >= 0.6 is 11.8 Å². The Morgan fingerprint density at radius 3 is 2.88 bits per heavy atom. The van der Waals surface area contributed by atoms with Crippen LogP contribution in [0, 0.1) is 5.92 Å². The van der Waals surface area contributed by atoms with Crippen molar-refractivity contribution in [2.45, 2.75) is 38.9 Å². The van der Waals surface area contributed by atoms with Crippen LogP contribution in [0.15, 0.2) is 23.8 Å². The van der Waals surface area contributed by atoms with Crippen LogP contribution in [-0.2, 0) is 0 Å². The van der Waals surface area contributed by atoms with E-state index in [4.69, 9.17) is 0 Å². The monoisotopic (exact) mass is 242 g/mol. The molecule has 0 bridgehead atoms. The maximum Gasteiger partial charge on any atom is 0.101 e. The Morgan fingerprint density at radius 1 is 1.56 bits per heavy atom. The summed E-state index contributed by atoms with van der Waals surface area (Å²) in [4.78, 5) is 0. The first-order chi connectivity index (χ1) is 7.57. The number of thioether (sulfide) groups is 1. The van der Waals surface area contributed by atoms with Gasteiger partial charge in [-0.3, -0.25) is 0 Å². The highest BCUT2D eigenvalue weighted by atomic mass is 32.2. The minimum absolute atomic E-state index is 0.0167. The Kier molecular flexibility index (Phi) is 5.59. The molecule has 2 nitrogen and oxygen atoms in total. The van der Waals surface area contributed by atoms with Gasteiger partial charge in [0.25, 0.3) is 0 Å². The smallest absolute Gasteiger partial charge is 0.101 e. The van der Waals surface area contributed by atoms with Crippen LogP contribution in [0.1, 0.15) is 26.7 Å². The van der Waals surface area contributed by atoms with Crippen LogP contribution in [0.3, 0.4) is 0 Å². The van der Waals surface area contributed by atoms with Gasteiger partial charge in [0.05, 0.1) is 6.10 Å². The van der Waals surface area contributed by atoms with Crippen LogP contribution < -0.4 is 0 Å².